The molecule has 9 heteroatoms. The number of aliphatic imine (C=N–C) groups is 1. The molecule has 0 saturated carbocycles. The molecule has 164 valence electrons. The summed E-state index contributed by atoms with van der Waals surface area (Å²) in [7, 11) is 3.20. The van der Waals surface area contributed by atoms with E-state index in [2.05, 4.69) is 20.4 Å². The molecule has 2 rings (SSSR count). The van der Waals surface area contributed by atoms with E-state index in [0.717, 1.165) is 11.1 Å². The summed E-state index contributed by atoms with van der Waals surface area (Å²) in [5, 5.41) is 16.3. The van der Waals surface area contributed by atoms with Gasteiger partial charge < -0.3 is 25.2 Å². The van der Waals surface area contributed by atoms with Crippen LogP contribution in [0.15, 0.2) is 47.5 Å². The maximum atomic E-state index is 12.1. The molecule has 3 N–H and O–H groups in total. The van der Waals surface area contributed by atoms with Gasteiger partial charge in [0, 0.05) is 26.2 Å². The Bertz CT molecular complexity index is 824. The highest BCUT2D eigenvalue weighted by atomic mass is 19.4. The van der Waals surface area contributed by atoms with Crippen LogP contribution in [0.4, 0.5) is 13.2 Å². The van der Waals surface area contributed by atoms with Gasteiger partial charge in [-0.2, -0.15) is 13.2 Å². The summed E-state index contributed by atoms with van der Waals surface area (Å²) in [6, 6.07) is 12.3. The van der Waals surface area contributed by atoms with Crippen LogP contribution < -0.4 is 15.4 Å². The van der Waals surface area contributed by atoms with Gasteiger partial charge in [0.15, 0.2) is 5.96 Å². The highest BCUT2D eigenvalue weighted by molar-refractivity contribution is 5.79. The third kappa shape index (κ3) is 8.20. The molecule has 0 fully saturated rings. The Kier molecular flexibility index (Phi) is 8.79. The molecule has 0 aliphatic rings. The van der Waals surface area contributed by atoms with E-state index in [0.29, 0.717) is 36.8 Å². The van der Waals surface area contributed by atoms with Crippen LogP contribution >= 0.6 is 0 Å². The Morgan fingerprint density at radius 3 is 2.37 bits per heavy atom. The molecule has 2 aromatic rings. The number of ether oxygens (including phenoxy) is 2. The average molecular weight is 425 g/mol. The molecule has 0 bridgehead atoms. The Balaban J connectivity index is 1.74. The summed E-state index contributed by atoms with van der Waals surface area (Å²) in [5.74, 6) is 1.37. The molecule has 0 atom stereocenters. The zero-order valence-electron chi connectivity index (χ0n) is 16.9. The van der Waals surface area contributed by atoms with Crippen molar-refractivity contribution in [1.29, 1.82) is 0 Å². The van der Waals surface area contributed by atoms with Gasteiger partial charge in [-0.15, -0.1) is 0 Å². The van der Waals surface area contributed by atoms with E-state index < -0.39 is 12.8 Å². The molecule has 0 spiro atoms. The van der Waals surface area contributed by atoms with E-state index in [-0.39, 0.29) is 12.4 Å². The lowest BCUT2D eigenvalue weighted by Gasteiger charge is -2.13. The van der Waals surface area contributed by atoms with Crippen LogP contribution in [-0.2, 0) is 24.3 Å². The maximum absolute atomic E-state index is 12.1. The van der Waals surface area contributed by atoms with Crippen molar-refractivity contribution in [2.75, 3.05) is 27.3 Å². The van der Waals surface area contributed by atoms with Gasteiger partial charge in [-0.1, -0.05) is 30.3 Å². The van der Waals surface area contributed by atoms with Crippen molar-refractivity contribution >= 4 is 5.96 Å². The van der Waals surface area contributed by atoms with Gasteiger partial charge in [0.1, 0.15) is 18.1 Å². The Morgan fingerprint density at radius 1 is 1.07 bits per heavy atom. The number of hydrogen-bond donors (Lipinski definition) is 3. The number of nitrogens with zero attached hydrogens (tertiary/aromatic N) is 1. The lowest BCUT2D eigenvalue weighted by molar-refractivity contribution is -0.176. The third-order valence-corrected chi connectivity index (χ3v) is 4.22. The summed E-state index contributed by atoms with van der Waals surface area (Å²) < 4.78 is 46.0. The van der Waals surface area contributed by atoms with Crippen LogP contribution in [0.2, 0.25) is 0 Å². The molecule has 6 nitrogen and oxygen atoms in total. The van der Waals surface area contributed by atoms with E-state index in [4.69, 9.17) is 4.74 Å². The minimum absolute atomic E-state index is 0.0886. The molecule has 0 aromatic heterocycles. The number of phenols is 1. The molecule has 0 amide bonds. The van der Waals surface area contributed by atoms with Crippen molar-refractivity contribution in [2.24, 2.45) is 4.99 Å². The van der Waals surface area contributed by atoms with Crippen LogP contribution in [0.25, 0.3) is 0 Å². The van der Waals surface area contributed by atoms with Crippen LogP contribution in [-0.4, -0.2) is 44.6 Å². The first-order chi connectivity index (χ1) is 14.3. The van der Waals surface area contributed by atoms with E-state index in [1.807, 2.05) is 18.2 Å². The first-order valence-electron chi connectivity index (χ1n) is 9.33. The van der Waals surface area contributed by atoms with Gasteiger partial charge in [0.2, 0.25) is 0 Å². The number of halogens is 3. The number of nitrogens with one attached hydrogen (secondary N) is 2. The molecule has 0 aliphatic carbocycles. The van der Waals surface area contributed by atoms with Crippen molar-refractivity contribution in [1.82, 2.24) is 10.6 Å². The van der Waals surface area contributed by atoms with Gasteiger partial charge in [-0.3, -0.25) is 4.99 Å². The number of hydrogen-bond acceptors (Lipinski definition) is 4. The molecule has 30 heavy (non-hydrogen) atoms. The fraction of sp³-hybridized carbons (Fsp3) is 0.381. The van der Waals surface area contributed by atoms with Crippen LogP contribution in [0.1, 0.15) is 16.7 Å². The lowest BCUT2D eigenvalue weighted by atomic mass is 10.1. The van der Waals surface area contributed by atoms with Crippen LogP contribution in [0, 0.1) is 0 Å². The summed E-state index contributed by atoms with van der Waals surface area (Å²) in [6.07, 6.45) is -3.72. The molecule has 0 unspecified atom stereocenters. The Hall–Kier alpha value is -2.94. The van der Waals surface area contributed by atoms with E-state index in [1.54, 1.807) is 38.4 Å². The quantitative estimate of drug-likeness (QED) is 0.424. The second-order valence-electron chi connectivity index (χ2n) is 6.52. The van der Waals surface area contributed by atoms with Gasteiger partial charge in [-0.25, -0.2) is 0 Å². The lowest BCUT2D eigenvalue weighted by Crippen LogP contribution is -2.37. The highest BCUT2D eigenvalue weighted by Gasteiger charge is 2.27. The number of rotatable bonds is 9. The second kappa shape index (κ2) is 11.3. The predicted octanol–water partition coefficient (Wildman–Crippen LogP) is 3.39. The Morgan fingerprint density at radius 2 is 1.77 bits per heavy atom. The topological polar surface area (TPSA) is 75.1 Å². The molecular formula is C21H26F3N3O3. The number of guanidine groups is 1. The van der Waals surface area contributed by atoms with Crippen molar-refractivity contribution in [3.8, 4) is 11.5 Å². The van der Waals surface area contributed by atoms with E-state index in [9.17, 15) is 18.3 Å². The van der Waals surface area contributed by atoms with Crippen LogP contribution in [0.5, 0.6) is 11.5 Å². The van der Waals surface area contributed by atoms with Gasteiger partial charge >= 0.3 is 6.18 Å². The number of alkyl halides is 3. The largest absolute Gasteiger partial charge is 0.508 e. The fourth-order valence-electron chi connectivity index (χ4n) is 2.64. The van der Waals surface area contributed by atoms with Crippen molar-refractivity contribution in [3.05, 3.63) is 59.2 Å². The molecule has 0 radical (unpaired) electrons. The van der Waals surface area contributed by atoms with Crippen molar-refractivity contribution in [3.63, 3.8) is 0 Å². The van der Waals surface area contributed by atoms with Crippen LogP contribution in [0.3, 0.4) is 0 Å². The molecule has 0 aliphatic heterocycles. The number of benzene rings is 2. The van der Waals surface area contributed by atoms with E-state index >= 15 is 0 Å². The average Bonchev–Trinajstić information content (AvgIpc) is 2.71. The first kappa shape index (κ1) is 23.3. The number of aromatic hydroxyl groups is 1. The predicted molar refractivity (Wildman–Crippen MR) is 109 cm³/mol. The van der Waals surface area contributed by atoms with Crippen molar-refractivity contribution < 1.29 is 27.8 Å². The third-order valence-electron chi connectivity index (χ3n) is 4.22. The van der Waals surface area contributed by atoms with Gasteiger partial charge in [-0.05, 0) is 29.2 Å². The fourth-order valence-corrected chi connectivity index (χ4v) is 2.64. The minimum atomic E-state index is -4.32. The number of phenolic OH excluding ortho intramolecular Hbond substituents is 1. The zero-order chi connectivity index (χ0) is 22.0. The normalized spacial score (nSPS) is 12.0. The van der Waals surface area contributed by atoms with Gasteiger partial charge in [0.25, 0.3) is 0 Å². The summed E-state index contributed by atoms with van der Waals surface area (Å²) in [5.41, 5.74) is 2.41. The molecular weight excluding hydrogens is 399 g/mol. The Labute approximate surface area is 173 Å². The first-order valence-corrected chi connectivity index (χ1v) is 9.33. The smallest absolute Gasteiger partial charge is 0.411 e. The summed E-state index contributed by atoms with van der Waals surface area (Å²) in [6.45, 7) is -0.284. The molecule has 0 heterocycles. The monoisotopic (exact) mass is 425 g/mol. The van der Waals surface area contributed by atoms with Crippen molar-refractivity contribution in [2.45, 2.75) is 25.7 Å². The molecule has 0 saturated heterocycles. The minimum Gasteiger partial charge on any atom is -0.508 e. The second-order valence-corrected chi connectivity index (χ2v) is 6.52. The molecule has 2 aromatic carbocycles. The summed E-state index contributed by atoms with van der Waals surface area (Å²) in [4.78, 5) is 4.15. The standard InChI is InChI=1S/C21H26F3N3O3/c1-25-20(26-10-9-17-7-8-18(29-2)11-19(17)28)27-12-15-3-5-16(6-4-15)13-30-14-21(22,23)24/h3-8,11,28H,9-10,12-14H2,1-2H3,(H2,25,26,27). The number of methoxy groups -OCH3 is 1. The van der Waals surface area contributed by atoms with Gasteiger partial charge in [0.05, 0.1) is 13.7 Å². The SMILES string of the molecule is CN=C(NCCc1ccc(OC)cc1O)NCc1ccc(COCC(F)(F)F)cc1. The zero-order valence-corrected chi connectivity index (χ0v) is 16.9. The highest BCUT2D eigenvalue weighted by Crippen LogP contribution is 2.23. The summed E-state index contributed by atoms with van der Waals surface area (Å²) >= 11 is 0. The van der Waals surface area contributed by atoms with E-state index in [1.165, 1.54) is 0 Å². The maximum Gasteiger partial charge on any atom is 0.411 e.